The number of hydrogen-bond donors (Lipinski definition) is 5. The van der Waals surface area contributed by atoms with E-state index in [2.05, 4.69) is 51.6 Å². The van der Waals surface area contributed by atoms with Gasteiger partial charge in [-0.05, 0) is 28.4 Å². The van der Waals surface area contributed by atoms with E-state index >= 15 is 0 Å². The molecule has 1 aliphatic heterocycles. The molecule has 1 saturated heterocycles. The quantitative estimate of drug-likeness (QED) is 0.349. The maximum atomic E-state index is 13.8. The van der Waals surface area contributed by atoms with E-state index in [1.54, 1.807) is 12.1 Å². The summed E-state index contributed by atoms with van der Waals surface area (Å²) in [6.45, 7) is 0.973. The van der Waals surface area contributed by atoms with Gasteiger partial charge in [0.15, 0.2) is 0 Å². The number of rotatable bonds is 4. The van der Waals surface area contributed by atoms with Gasteiger partial charge in [0, 0.05) is 42.5 Å². The van der Waals surface area contributed by atoms with Crippen LogP contribution in [0, 0.1) is 0 Å². The maximum Gasteiger partial charge on any atom is 0.419 e. The lowest BCUT2D eigenvalue weighted by Gasteiger charge is -2.27. The fourth-order valence-electron chi connectivity index (χ4n) is 3.69. The van der Waals surface area contributed by atoms with Crippen molar-refractivity contribution in [3.05, 3.63) is 34.6 Å². The number of methoxy groups -OCH3 is 1. The number of nitrogens with one attached hydrogen (secondary N) is 4. The molecule has 1 amide bonds. The first-order valence-corrected chi connectivity index (χ1v) is 10.7. The summed E-state index contributed by atoms with van der Waals surface area (Å²) in [5.74, 6) is 0.0243. The van der Waals surface area contributed by atoms with Crippen LogP contribution in [0.5, 0.6) is 0 Å². The number of nitrogens with zero attached hydrogens (tertiary/aromatic N) is 2. The predicted octanol–water partition coefficient (Wildman–Crippen LogP) is 3.72. The lowest BCUT2D eigenvalue weighted by atomic mass is 10.0. The molecule has 3 heterocycles. The zero-order valence-electron chi connectivity index (χ0n) is 17.3. The Kier molecular flexibility index (Phi) is 6.45. The third kappa shape index (κ3) is 4.89. The van der Waals surface area contributed by atoms with Gasteiger partial charge in [-0.15, -0.1) is 0 Å². The minimum atomic E-state index is -4.68. The Hall–Kier alpha value is -2.90. The molecule has 0 saturated carbocycles. The van der Waals surface area contributed by atoms with Gasteiger partial charge in [0.25, 0.3) is 0 Å². The molecule has 3 aromatic rings. The van der Waals surface area contributed by atoms with Crippen molar-refractivity contribution in [1.29, 1.82) is 0 Å². The van der Waals surface area contributed by atoms with E-state index in [0.717, 1.165) is 6.20 Å². The first kappa shape index (κ1) is 23.3. The van der Waals surface area contributed by atoms with E-state index in [0.29, 0.717) is 40.6 Å². The number of anilines is 2. The van der Waals surface area contributed by atoms with Crippen molar-refractivity contribution in [3.63, 3.8) is 0 Å². The van der Waals surface area contributed by atoms with Crippen LogP contribution >= 0.6 is 15.9 Å². The van der Waals surface area contributed by atoms with E-state index in [1.165, 1.54) is 13.3 Å². The molecule has 0 bridgehead atoms. The fourth-order valence-corrected chi connectivity index (χ4v) is 4.25. The highest BCUT2D eigenvalue weighted by Crippen LogP contribution is 2.41. The molecule has 33 heavy (non-hydrogen) atoms. The Morgan fingerprint density at radius 1 is 1.33 bits per heavy atom. The van der Waals surface area contributed by atoms with Gasteiger partial charge >= 0.3 is 12.3 Å². The van der Waals surface area contributed by atoms with Crippen molar-refractivity contribution < 1.29 is 27.8 Å². The van der Waals surface area contributed by atoms with Crippen LogP contribution in [-0.4, -0.2) is 58.5 Å². The van der Waals surface area contributed by atoms with E-state index in [4.69, 9.17) is 0 Å². The number of H-pyrrole nitrogens is 1. The van der Waals surface area contributed by atoms with Crippen LogP contribution < -0.4 is 16.0 Å². The second-order valence-electron chi connectivity index (χ2n) is 7.51. The third-order valence-electron chi connectivity index (χ3n) is 5.22. The number of halogens is 4. The lowest BCUT2D eigenvalue weighted by Crippen LogP contribution is -2.46. The molecule has 2 aromatic heterocycles. The minimum Gasteiger partial charge on any atom is -0.453 e. The summed E-state index contributed by atoms with van der Waals surface area (Å²) in [6.07, 6.45) is -3.34. The molecule has 9 nitrogen and oxygen atoms in total. The second-order valence-corrected chi connectivity index (χ2v) is 8.30. The largest absolute Gasteiger partial charge is 0.453 e. The van der Waals surface area contributed by atoms with Gasteiger partial charge in [0.1, 0.15) is 5.56 Å². The monoisotopic (exact) mass is 528 g/mol. The van der Waals surface area contributed by atoms with Crippen molar-refractivity contribution in [3.8, 4) is 11.3 Å². The fraction of sp³-hybridized carbons (Fsp3) is 0.350. The molecule has 176 valence electrons. The van der Waals surface area contributed by atoms with Gasteiger partial charge in [-0.1, -0.05) is 6.07 Å². The summed E-state index contributed by atoms with van der Waals surface area (Å²) in [7, 11) is 1.22. The van der Waals surface area contributed by atoms with E-state index < -0.39 is 23.9 Å². The summed E-state index contributed by atoms with van der Waals surface area (Å²) in [4.78, 5) is 22.5. The number of ether oxygens (including phenoxy) is 1. The summed E-state index contributed by atoms with van der Waals surface area (Å²) >= 11 is 3.37. The van der Waals surface area contributed by atoms with Crippen LogP contribution in [0.2, 0.25) is 0 Å². The predicted molar refractivity (Wildman–Crippen MR) is 119 cm³/mol. The number of carbonyl (C=O) groups excluding carboxylic acids is 1. The SMILES string of the molecule is COC(=O)Nc1ccc2c(-c3nc(N[C@@H]4CNC[C@@H](O)C4)ncc3C(F)(F)F)c[nH]c2c1Br. The number of benzene rings is 1. The number of aromatic nitrogens is 3. The molecule has 0 spiro atoms. The van der Waals surface area contributed by atoms with Crippen molar-refractivity contribution in [2.24, 2.45) is 0 Å². The number of fused-ring (bicyclic) bond motifs is 1. The van der Waals surface area contributed by atoms with Crippen molar-refractivity contribution in [2.75, 3.05) is 30.8 Å². The molecule has 2 atom stereocenters. The number of hydrogen-bond acceptors (Lipinski definition) is 7. The van der Waals surface area contributed by atoms with Crippen LogP contribution in [0.3, 0.4) is 0 Å². The van der Waals surface area contributed by atoms with Gasteiger partial charge in [0.05, 0.1) is 34.6 Å². The van der Waals surface area contributed by atoms with Crippen LogP contribution in [0.4, 0.5) is 29.6 Å². The molecule has 1 fully saturated rings. The van der Waals surface area contributed by atoms with E-state index in [-0.39, 0.29) is 23.2 Å². The van der Waals surface area contributed by atoms with E-state index in [9.17, 15) is 23.1 Å². The number of alkyl halides is 3. The number of aliphatic hydroxyl groups excluding tert-OH is 1. The number of aromatic amines is 1. The molecule has 1 aromatic carbocycles. The third-order valence-corrected chi connectivity index (χ3v) is 6.05. The molecule has 0 unspecified atom stereocenters. The Labute approximate surface area is 194 Å². The molecule has 0 radical (unpaired) electrons. The summed E-state index contributed by atoms with van der Waals surface area (Å²) < 4.78 is 46.4. The number of amides is 1. The topological polar surface area (TPSA) is 124 Å². The Bertz CT molecular complexity index is 1190. The highest BCUT2D eigenvalue weighted by atomic mass is 79.9. The zero-order chi connectivity index (χ0) is 23.8. The molecule has 0 aliphatic carbocycles. The van der Waals surface area contributed by atoms with Gasteiger partial charge in [0.2, 0.25) is 5.95 Å². The standard InChI is InChI=1S/C20H20BrF3N6O3/c1-33-19(32)29-14-3-2-11-12(7-26-17(11)15(14)21)16-13(20(22,23)24)8-27-18(30-16)28-9-4-10(31)6-25-5-9/h2-3,7-10,25-26,31H,4-6H2,1H3,(H,29,32)(H,27,28,30)/t9-,10-/m0/s1. The molecule has 5 N–H and O–H groups in total. The molecular weight excluding hydrogens is 509 g/mol. The normalized spacial score (nSPS) is 18.8. The zero-order valence-corrected chi connectivity index (χ0v) is 18.8. The smallest absolute Gasteiger partial charge is 0.419 e. The second kappa shape index (κ2) is 9.15. The van der Waals surface area contributed by atoms with Gasteiger partial charge in [-0.3, -0.25) is 5.32 Å². The number of carbonyl (C=O) groups is 1. The average molecular weight is 529 g/mol. The average Bonchev–Trinajstić information content (AvgIpc) is 3.19. The Balaban J connectivity index is 1.76. The highest BCUT2D eigenvalue weighted by Gasteiger charge is 2.36. The van der Waals surface area contributed by atoms with Crippen LogP contribution in [0.25, 0.3) is 22.2 Å². The summed E-state index contributed by atoms with van der Waals surface area (Å²) in [5, 5.41) is 18.8. The summed E-state index contributed by atoms with van der Waals surface area (Å²) in [5.41, 5.74) is -0.207. The first-order valence-electron chi connectivity index (χ1n) is 9.92. The molecular formula is C20H20BrF3N6O3. The maximum absolute atomic E-state index is 13.8. The van der Waals surface area contributed by atoms with Crippen LogP contribution in [0.1, 0.15) is 12.0 Å². The van der Waals surface area contributed by atoms with Crippen molar-refractivity contribution in [1.82, 2.24) is 20.3 Å². The van der Waals surface area contributed by atoms with Crippen molar-refractivity contribution in [2.45, 2.75) is 24.7 Å². The number of aliphatic hydroxyl groups is 1. The lowest BCUT2D eigenvalue weighted by molar-refractivity contribution is -0.137. The molecule has 13 heteroatoms. The van der Waals surface area contributed by atoms with Crippen molar-refractivity contribution >= 4 is 44.6 Å². The Morgan fingerprint density at radius 2 is 2.12 bits per heavy atom. The number of piperidine rings is 1. The Morgan fingerprint density at radius 3 is 2.82 bits per heavy atom. The van der Waals surface area contributed by atoms with Crippen LogP contribution in [0.15, 0.2) is 29.0 Å². The first-order chi connectivity index (χ1) is 15.7. The van der Waals surface area contributed by atoms with Gasteiger partial charge in [-0.25, -0.2) is 14.8 Å². The minimum absolute atomic E-state index is 0.0243. The molecule has 4 rings (SSSR count). The number of β-amino-alcohol motifs (C(OH)–C–C–N with tert-alkyl or cyclic N) is 1. The highest BCUT2D eigenvalue weighted by molar-refractivity contribution is 9.10. The summed E-state index contributed by atoms with van der Waals surface area (Å²) in [6, 6.07) is 2.89. The van der Waals surface area contributed by atoms with E-state index in [1.807, 2.05) is 0 Å². The van der Waals surface area contributed by atoms with Crippen LogP contribution in [-0.2, 0) is 10.9 Å². The van der Waals surface area contributed by atoms with Gasteiger partial charge < -0.3 is 25.5 Å². The molecule has 1 aliphatic rings. The van der Waals surface area contributed by atoms with Gasteiger partial charge in [-0.2, -0.15) is 13.2 Å².